The van der Waals surface area contributed by atoms with Crippen molar-refractivity contribution in [3.63, 3.8) is 0 Å². The van der Waals surface area contributed by atoms with E-state index in [0.29, 0.717) is 12.1 Å². The quantitative estimate of drug-likeness (QED) is 0.196. The number of aromatic nitrogens is 2. The number of aromatic amines is 1. The third kappa shape index (κ3) is 8.96. The molecular formula is C17H28N6O5S. The summed E-state index contributed by atoms with van der Waals surface area (Å²) in [6.45, 7) is 3.34. The maximum atomic E-state index is 12.5. The Morgan fingerprint density at radius 2 is 1.90 bits per heavy atom. The molecule has 162 valence electrons. The highest BCUT2D eigenvalue weighted by atomic mass is 32.1. The van der Waals surface area contributed by atoms with Crippen molar-refractivity contribution >= 4 is 36.3 Å². The molecule has 0 bridgehead atoms. The molecule has 3 amide bonds. The molecule has 0 radical (unpaired) electrons. The minimum absolute atomic E-state index is 0.0873. The Kier molecular flexibility index (Phi) is 10.2. The Hall–Kier alpha value is -2.60. The molecule has 7 N–H and O–H groups in total. The van der Waals surface area contributed by atoms with Crippen molar-refractivity contribution in [3.8, 4) is 0 Å². The molecule has 0 saturated carbocycles. The van der Waals surface area contributed by atoms with Gasteiger partial charge in [-0.3, -0.25) is 14.4 Å². The van der Waals surface area contributed by atoms with E-state index in [1.165, 1.54) is 6.33 Å². The number of nitrogens with two attached hydrogens (primary N) is 1. The lowest BCUT2D eigenvalue weighted by Crippen LogP contribution is -2.54. The highest BCUT2D eigenvalue weighted by Gasteiger charge is 2.26. The fraction of sp³-hybridized carbons (Fsp3) is 0.588. The van der Waals surface area contributed by atoms with Crippen LogP contribution in [0, 0.1) is 5.92 Å². The fourth-order valence-corrected chi connectivity index (χ4v) is 2.68. The molecule has 1 heterocycles. The fourth-order valence-electron chi connectivity index (χ4n) is 2.43. The second kappa shape index (κ2) is 12.1. The summed E-state index contributed by atoms with van der Waals surface area (Å²) in [6.07, 6.45) is 3.59. The Labute approximate surface area is 174 Å². The van der Waals surface area contributed by atoms with Crippen molar-refractivity contribution in [2.24, 2.45) is 11.7 Å². The number of carboxylic acid groups (broad SMARTS) is 1. The Morgan fingerprint density at radius 3 is 2.41 bits per heavy atom. The second-order valence-electron chi connectivity index (χ2n) is 6.94. The topological polar surface area (TPSA) is 179 Å². The maximum Gasteiger partial charge on any atom is 0.327 e. The molecule has 0 aliphatic rings. The van der Waals surface area contributed by atoms with Gasteiger partial charge in [0.15, 0.2) is 0 Å². The van der Waals surface area contributed by atoms with Gasteiger partial charge in [-0.05, 0) is 12.3 Å². The van der Waals surface area contributed by atoms with Crippen molar-refractivity contribution < 1.29 is 24.3 Å². The van der Waals surface area contributed by atoms with E-state index in [1.807, 2.05) is 13.8 Å². The number of hydrogen-bond donors (Lipinski definition) is 7. The van der Waals surface area contributed by atoms with Crippen LogP contribution in [-0.4, -0.2) is 69.2 Å². The van der Waals surface area contributed by atoms with Gasteiger partial charge in [0.05, 0.1) is 18.9 Å². The number of nitrogens with zero attached hydrogens (tertiary/aromatic N) is 1. The molecule has 1 aromatic heterocycles. The molecule has 3 unspecified atom stereocenters. The number of rotatable bonds is 12. The number of H-pyrrole nitrogens is 1. The van der Waals surface area contributed by atoms with Gasteiger partial charge in [-0.15, -0.1) is 0 Å². The van der Waals surface area contributed by atoms with Crippen LogP contribution < -0.4 is 21.7 Å². The lowest BCUT2D eigenvalue weighted by atomic mass is 10.0. The zero-order chi connectivity index (χ0) is 22.0. The van der Waals surface area contributed by atoms with Gasteiger partial charge in [0.1, 0.15) is 12.1 Å². The molecule has 0 aromatic carbocycles. The number of carbonyl (C=O) groups excluding carboxylic acids is 3. The highest BCUT2D eigenvalue weighted by molar-refractivity contribution is 7.80. The summed E-state index contributed by atoms with van der Waals surface area (Å²) in [6, 6.07) is -2.93. The summed E-state index contributed by atoms with van der Waals surface area (Å²) >= 11 is 3.85. The monoisotopic (exact) mass is 428 g/mol. The summed E-state index contributed by atoms with van der Waals surface area (Å²) in [5.74, 6) is -2.97. The average molecular weight is 429 g/mol. The van der Waals surface area contributed by atoms with Gasteiger partial charge in [0.25, 0.3) is 0 Å². The van der Waals surface area contributed by atoms with Gasteiger partial charge in [0.2, 0.25) is 17.7 Å². The van der Waals surface area contributed by atoms with Crippen molar-refractivity contribution in [1.29, 1.82) is 0 Å². The van der Waals surface area contributed by atoms with E-state index in [2.05, 4.69) is 38.5 Å². The van der Waals surface area contributed by atoms with Crippen molar-refractivity contribution in [2.45, 2.75) is 44.8 Å². The number of imidazole rings is 1. The van der Waals surface area contributed by atoms with Gasteiger partial charge >= 0.3 is 5.97 Å². The van der Waals surface area contributed by atoms with Gasteiger partial charge in [-0.2, -0.15) is 12.6 Å². The zero-order valence-corrected chi connectivity index (χ0v) is 17.2. The van der Waals surface area contributed by atoms with E-state index in [-0.39, 0.29) is 18.1 Å². The van der Waals surface area contributed by atoms with Crippen LogP contribution in [0.2, 0.25) is 0 Å². The summed E-state index contributed by atoms with van der Waals surface area (Å²) in [7, 11) is 0. The normalized spacial score (nSPS) is 14.0. The Bertz CT molecular complexity index is 696. The summed E-state index contributed by atoms with van der Waals surface area (Å²) < 4.78 is 0. The zero-order valence-electron chi connectivity index (χ0n) is 16.3. The summed E-state index contributed by atoms with van der Waals surface area (Å²) in [5.41, 5.74) is 6.58. The number of hydrogen-bond acceptors (Lipinski definition) is 7. The molecule has 0 saturated heterocycles. The Morgan fingerprint density at radius 1 is 1.21 bits per heavy atom. The number of aliphatic carboxylic acids is 1. The largest absolute Gasteiger partial charge is 0.480 e. The van der Waals surface area contributed by atoms with Crippen molar-refractivity contribution in [3.05, 3.63) is 18.2 Å². The van der Waals surface area contributed by atoms with Crippen LogP contribution in [0.15, 0.2) is 12.5 Å². The van der Waals surface area contributed by atoms with Crippen LogP contribution in [0.3, 0.4) is 0 Å². The van der Waals surface area contributed by atoms with E-state index in [4.69, 9.17) is 10.8 Å². The molecule has 1 aromatic rings. The molecule has 1 rings (SSSR count). The predicted molar refractivity (Wildman–Crippen MR) is 108 cm³/mol. The van der Waals surface area contributed by atoms with E-state index in [1.54, 1.807) is 6.20 Å². The molecule has 0 fully saturated rings. The first-order chi connectivity index (χ1) is 13.6. The SMILES string of the molecule is CC(C)CC(NC(=O)C(N)Cc1cnc[nH]1)C(=O)NCC(=O)NC(CS)C(=O)O. The third-order valence-corrected chi connectivity index (χ3v) is 4.28. The first-order valence-electron chi connectivity index (χ1n) is 9.08. The van der Waals surface area contributed by atoms with Crippen molar-refractivity contribution in [1.82, 2.24) is 25.9 Å². The van der Waals surface area contributed by atoms with Crippen LogP contribution >= 0.6 is 12.6 Å². The number of carboxylic acids is 1. The van der Waals surface area contributed by atoms with Crippen molar-refractivity contribution in [2.75, 3.05) is 12.3 Å². The minimum atomic E-state index is -1.23. The summed E-state index contributed by atoms with van der Waals surface area (Å²) in [5, 5.41) is 16.2. The van der Waals surface area contributed by atoms with Gasteiger partial charge in [-0.1, -0.05) is 13.8 Å². The van der Waals surface area contributed by atoms with Crippen LogP contribution in [0.1, 0.15) is 26.0 Å². The molecule has 0 spiro atoms. The first-order valence-corrected chi connectivity index (χ1v) is 9.71. The lowest BCUT2D eigenvalue weighted by molar-refractivity contribution is -0.141. The van der Waals surface area contributed by atoms with Gasteiger partial charge in [0, 0.05) is 24.1 Å². The van der Waals surface area contributed by atoms with Crippen LogP contribution in [0.5, 0.6) is 0 Å². The smallest absolute Gasteiger partial charge is 0.327 e. The molecule has 0 aliphatic carbocycles. The first kappa shape index (κ1) is 24.4. The maximum absolute atomic E-state index is 12.5. The molecule has 0 aliphatic heterocycles. The van der Waals surface area contributed by atoms with E-state index in [9.17, 15) is 19.2 Å². The molecule has 29 heavy (non-hydrogen) atoms. The minimum Gasteiger partial charge on any atom is -0.480 e. The van der Waals surface area contributed by atoms with Crippen LogP contribution in [0.25, 0.3) is 0 Å². The highest BCUT2D eigenvalue weighted by Crippen LogP contribution is 2.06. The van der Waals surface area contributed by atoms with Crippen LogP contribution in [-0.2, 0) is 25.6 Å². The van der Waals surface area contributed by atoms with Crippen LogP contribution in [0.4, 0.5) is 0 Å². The summed E-state index contributed by atoms with van der Waals surface area (Å²) in [4.78, 5) is 54.3. The molecular weight excluding hydrogens is 400 g/mol. The molecule has 12 heteroatoms. The number of carbonyl (C=O) groups is 4. The average Bonchev–Trinajstić information content (AvgIpc) is 3.15. The lowest BCUT2D eigenvalue weighted by Gasteiger charge is -2.22. The predicted octanol–water partition coefficient (Wildman–Crippen LogP) is -1.57. The van der Waals surface area contributed by atoms with Gasteiger partial charge < -0.3 is 31.8 Å². The number of nitrogens with one attached hydrogen (secondary N) is 4. The van der Waals surface area contributed by atoms with E-state index < -0.39 is 48.4 Å². The van der Waals surface area contributed by atoms with Gasteiger partial charge in [-0.25, -0.2) is 9.78 Å². The van der Waals surface area contributed by atoms with E-state index in [0.717, 1.165) is 0 Å². The molecule has 11 nitrogen and oxygen atoms in total. The standard InChI is InChI=1S/C17H28N6O5S/c1-9(2)3-12(23-15(25)11(18)4-10-5-19-8-21-10)16(26)20-6-14(24)22-13(7-29)17(27)28/h5,8-9,11-13,29H,3-4,6-7,18H2,1-2H3,(H,19,21)(H,20,26)(H,22,24)(H,23,25)(H,27,28). The third-order valence-electron chi connectivity index (χ3n) is 3.91. The van der Waals surface area contributed by atoms with E-state index >= 15 is 0 Å². The second-order valence-corrected chi connectivity index (χ2v) is 7.30. The number of thiol groups is 1. The Balaban J connectivity index is 2.61. The number of amides is 3. The molecule has 3 atom stereocenters.